The number of hydrogen-bond acceptors (Lipinski definition) is 3. The lowest BCUT2D eigenvalue weighted by atomic mass is 10.1. The average molecular weight is 361 g/mol. The molecule has 0 fully saturated rings. The highest BCUT2D eigenvalue weighted by molar-refractivity contribution is 5.74. The fourth-order valence-corrected chi connectivity index (χ4v) is 2.68. The van der Waals surface area contributed by atoms with E-state index in [4.69, 9.17) is 0 Å². The molecular weight excluding hydrogens is 333 g/mol. The van der Waals surface area contributed by atoms with Crippen LogP contribution in [0.2, 0.25) is 0 Å². The van der Waals surface area contributed by atoms with Gasteiger partial charge in [0.1, 0.15) is 5.82 Å². The zero-order valence-electron chi connectivity index (χ0n) is 15.9. The zero-order chi connectivity index (χ0) is 19.1. The van der Waals surface area contributed by atoms with Crippen molar-refractivity contribution in [3.8, 4) is 11.3 Å². The molecule has 0 aliphatic heterocycles. The number of aromatic nitrogens is 2. The number of nitrogens with one attached hydrogen (secondary N) is 2. The Morgan fingerprint density at radius 2 is 2.00 bits per heavy atom. The number of benzene rings is 1. The number of halogens is 1. The number of rotatable bonds is 8. The minimum atomic E-state index is -0.283. The van der Waals surface area contributed by atoms with Crippen LogP contribution in [-0.4, -0.2) is 59.3 Å². The Morgan fingerprint density at radius 3 is 2.65 bits per heavy atom. The Kier molecular flexibility index (Phi) is 7.15. The third-order valence-electron chi connectivity index (χ3n) is 4.69. The van der Waals surface area contributed by atoms with E-state index in [1.165, 1.54) is 12.1 Å². The van der Waals surface area contributed by atoms with Crippen molar-refractivity contribution in [2.45, 2.75) is 32.9 Å². The second kappa shape index (κ2) is 9.33. The largest absolute Gasteiger partial charge is 0.338 e. The van der Waals surface area contributed by atoms with Gasteiger partial charge >= 0.3 is 6.03 Å². The van der Waals surface area contributed by atoms with Gasteiger partial charge in [-0.15, -0.1) is 0 Å². The summed E-state index contributed by atoms with van der Waals surface area (Å²) < 4.78 is 13.1. The Bertz CT molecular complexity index is 700. The number of aromatic amines is 1. The Hall–Kier alpha value is -2.41. The molecule has 1 aromatic heterocycles. The van der Waals surface area contributed by atoms with Gasteiger partial charge in [-0.2, -0.15) is 5.10 Å². The van der Waals surface area contributed by atoms with E-state index in [0.29, 0.717) is 19.1 Å². The lowest BCUT2D eigenvalue weighted by molar-refractivity contribution is 0.203. The van der Waals surface area contributed by atoms with Crippen LogP contribution in [0.3, 0.4) is 0 Å². The molecule has 2 amide bonds. The maximum absolute atomic E-state index is 13.1. The van der Waals surface area contributed by atoms with Crippen LogP contribution >= 0.6 is 0 Å². The van der Waals surface area contributed by atoms with Gasteiger partial charge in [-0.05, 0) is 51.2 Å². The molecule has 7 heteroatoms. The van der Waals surface area contributed by atoms with E-state index in [1.54, 1.807) is 30.3 Å². The molecule has 6 nitrogen and oxygen atoms in total. The first-order valence-corrected chi connectivity index (χ1v) is 8.89. The summed E-state index contributed by atoms with van der Waals surface area (Å²) in [5, 5.41) is 9.94. The molecule has 0 radical (unpaired) electrons. The van der Waals surface area contributed by atoms with Crippen molar-refractivity contribution in [1.29, 1.82) is 0 Å². The summed E-state index contributed by atoms with van der Waals surface area (Å²) in [6, 6.07) is 6.50. The van der Waals surface area contributed by atoms with E-state index in [9.17, 15) is 9.18 Å². The van der Waals surface area contributed by atoms with Crippen LogP contribution in [0.15, 0.2) is 30.5 Å². The molecule has 2 N–H and O–H groups in total. The van der Waals surface area contributed by atoms with Crippen molar-refractivity contribution in [1.82, 2.24) is 25.3 Å². The fraction of sp³-hybridized carbons (Fsp3) is 0.474. The van der Waals surface area contributed by atoms with Crippen molar-refractivity contribution in [2.24, 2.45) is 0 Å². The van der Waals surface area contributed by atoms with E-state index in [0.717, 1.165) is 29.8 Å². The van der Waals surface area contributed by atoms with E-state index in [-0.39, 0.29) is 11.8 Å². The molecule has 2 aromatic rings. The first kappa shape index (κ1) is 19.9. The minimum absolute atomic E-state index is 0.123. The first-order valence-electron chi connectivity index (χ1n) is 8.89. The summed E-state index contributed by atoms with van der Waals surface area (Å²) in [6.45, 7) is 6.30. The van der Waals surface area contributed by atoms with Crippen LogP contribution < -0.4 is 5.32 Å². The van der Waals surface area contributed by atoms with Gasteiger partial charge in [-0.1, -0.05) is 6.92 Å². The molecule has 0 aliphatic rings. The molecule has 1 atom stereocenters. The summed E-state index contributed by atoms with van der Waals surface area (Å²) in [6.07, 6.45) is 2.59. The highest BCUT2D eigenvalue weighted by Crippen LogP contribution is 2.22. The van der Waals surface area contributed by atoms with E-state index < -0.39 is 0 Å². The predicted octanol–water partition coefficient (Wildman–Crippen LogP) is 3.09. The zero-order valence-corrected chi connectivity index (χ0v) is 15.9. The third-order valence-corrected chi connectivity index (χ3v) is 4.69. The van der Waals surface area contributed by atoms with Gasteiger partial charge < -0.3 is 15.1 Å². The van der Waals surface area contributed by atoms with E-state index in [1.807, 2.05) is 0 Å². The fourth-order valence-electron chi connectivity index (χ4n) is 2.68. The molecule has 0 saturated heterocycles. The summed E-state index contributed by atoms with van der Waals surface area (Å²) in [5.74, 6) is -0.283. The van der Waals surface area contributed by atoms with Gasteiger partial charge in [0.2, 0.25) is 0 Å². The quantitative estimate of drug-likeness (QED) is 0.759. The lowest BCUT2D eigenvalue weighted by Gasteiger charge is -2.24. The van der Waals surface area contributed by atoms with E-state index in [2.05, 4.69) is 41.3 Å². The first-order chi connectivity index (χ1) is 12.4. The molecule has 2 rings (SSSR count). The molecule has 1 aromatic carbocycles. The molecule has 0 aliphatic carbocycles. The minimum Gasteiger partial charge on any atom is -0.338 e. The normalized spacial score (nSPS) is 12.2. The molecule has 1 unspecified atom stereocenters. The monoisotopic (exact) mass is 361 g/mol. The summed E-state index contributed by atoms with van der Waals surface area (Å²) in [7, 11) is 3.83. The van der Waals surface area contributed by atoms with Crippen molar-refractivity contribution in [2.75, 3.05) is 27.2 Å². The van der Waals surface area contributed by atoms with Crippen molar-refractivity contribution in [3.05, 3.63) is 41.8 Å². The lowest BCUT2D eigenvalue weighted by Crippen LogP contribution is -2.39. The molecule has 142 valence electrons. The van der Waals surface area contributed by atoms with Crippen molar-refractivity contribution >= 4 is 6.03 Å². The third kappa shape index (κ3) is 5.29. The second-order valence-electron chi connectivity index (χ2n) is 6.58. The van der Waals surface area contributed by atoms with Crippen LogP contribution in [0.5, 0.6) is 0 Å². The van der Waals surface area contributed by atoms with Gasteiger partial charge in [0.25, 0.3) is 0 Å². The molecule has 0 spiro atoms. The smallest absolute Gasteiger partial charge is 0.317 e. The highest BCUT2D eigenvalue weighted by Gasteiger charge is 2.14. The average Bonchev–Trinajstić information content (AvgIpc) is 3.09. The Labute approximate surface area is 154 Å². The van der Waals surface area contributed by atoms with Gasteiger partial charge in [0, 0.05) is 30.8 Å². The van der Waals surface area contributed by atoms with Gasteiger partial charge in [0.05, 0.1) is 18.4 Å². The molecular formula is C19H28FN5O. The Morgan fingerprint density at radius 1 is 1.31 bits per heavy atom. The second-order valence-corrected chi connectivity index (χ2v) is 6.58. The van der Waals surface area contributed by atoms with Gasteiger partial charge in [-0.3, -0.25) is 5.10 Å². The van der Waals surface area contributed by atoms with Crippen LogP contribution in [0.25, 0.3) is 11.3 Å². The number of carbonyl (C=O) groups is 1. The van der Waals surface area contributed by atoms with E-state index >= 15 is 0 Å². The topological polar surface area (TPSA) is 64.3 Å². The molecule has 26 heavy (non-hydrogen) atoms. The molecule has 0 bridgehead atoms. The maximum Gasteiger partial charge on any atom is 0.317 e. The Balaban J connectivity index is 1.90. The standard InChI is InChI=1S/C19H28FN5O/c1-5-24(3)14(2)10-11-21-19(26)25(4)13-16-12-22-23-18(16)15-6-8-17(20)9-7-15/h6-9,12,14H,5,10-11,13H2,1-4H3,(H,21,26)(H,22,23). The number of hydrogen-bond donors (Lipinski definition) is 2. The molecule has 0 saturated carbocycles. The summed E-state index contributed by atoms with van der Waals surface area (Å²) in [5.41, 5.74) is 2.51. The molecule has 1 heterocycles. The van der Waals surface area contributed by atoms with Crippen molar-refractivity contribution in [3.63, 3.8) is 0 Å². The summed E-state index contributed by atoms with van der Waals surface area (Å²) in [4.78, 5) is 16.2. The van der Waals surface area contributed by atoms with Gasteiger partial charge in [-0.25, -0.2) is 9.18 Å². The van der Waals surface area contributed by atoms with Crippen LogP contribution in [0, 0.1) is 5.82 Å². The predicted molar refractivity (Wildman–Crippen MR) is 101 cm³/mol. The SMILES string of the molecule is CCN(C)C(C)CCNC(=O)N(C)Cc1cn[nH]c1-c1ccc(F)cc1. The van der Waals surface area contributed by atoms with Crippen LogP contribution in [0.4, 0.5) is 9.18 Å². The number of nitrogens with zero attached hydrogens (tertiary/aromatic N) is 3. The highest BCUT2D eigenvalue weighted by atomic mass is 19.1. The van der Waals surface area contributed by atoms with Crippen LogP contribution in [-0.2, 0) is 6.54 Å². The maximum atomic E-state index is 13.1. The number of urea groups is 1. The number of amides is 2. The van der Waals surface area contributed by atoms with Gasteiger partial charge in [0.15, 0.2) is 0 Å². The summed E-state index contributed by atoms with van der Waals surface area (Å²) >= 11 is 0. The van der Waals surface area contributed by atoms with Crippen molar-refractivity contribution < 1.29 is 9.18 Å². The van der Waals surface area contributed by atoms with Crippen LogP contribution in [0.1, 0.15) is 25.8 Å². The number of carbonyl (C=O) groups excluding carboxylic acids is 1. The number of H-pyrrole nitrogens is 1.